The predicted octanol–water partition coefficient (Wildman–Crippen LogP) is 1.65. The third-order valence-electron chi connectivity index (χ3n) is 6.28. The molecule has 9 heteroatoms. The summed E-state index contributed by atoms with van der Waals surface area (Å²) < 4.78 is 7.25. The number of nitrogens with zero attached hydrogens (tertiary/aromatic N) is 6. The quantitative estimate of drug-likeness (QED) is 0.699. The van der Waals surface area contributed by atoms with Gasteiger partial charge in [-0.25, -0.2) is 19.5 Å². The molecule has 2 saturated heterocycles. The fourth-order valence-corrected chi connectivity index (χ4v) is 4.66. The largest absolute Gasteiger partial charge is 0.381 e. The summed E-state index contributed by atoms with van der Waals surface area (Å²) in [6.07, 6.45) is 5.26. The normalized spacial score (nSPS) is 23.4. The average molecular weight is 409 g/mol. The van der Waals surface area contributed by atoms with E-state index in [-0.39, 0.29) is 17.4 Å². The lowest BCUT2D eigenvalue weighted by atomic mass is 9.97. The summed E-state index contributed by atoms with van der Waals surface area (Å²) >= 11 is 0. The van der Waals surface area contributed by atoms with Gasteiger partial charge < -0.3 is 9.72 Å². The van der Waals surface area contributed by atoms with Crippen LogP contribution < -0.4 is 5.56 Å². The van der Waals surface area contributed by atoms with Crippen LogP contribution in [0.2, 0.25) is 0 Å². The summed E-state index contributed by atoms with van der Waals surface area (Å²) in [7, 11) is 0. The van der Waals surface area contributed by atoms with Crippen molar-refractivity contribution in [3.63, 3.8) is 0 Å². The molecule has 0 aliphatic carbocycles. The van der Waals surface area contributed by atoms with Crippen LogP contribution in [0.1, 0.15) is 54.8 Å². The summed E-state index contributed by atoms with van der Waals surface area (Å²) in [6.45, 7) is 8.07. The van der Waals surface area contributed by atoms with E-state index in [0.29, 0.717) is 18.0 Å². The van der Waals surface area contributed by atoms with Crippen molar-refractivity contribution in [2.24, 2.45) is 5.92 Å². The third kappa shape index (κ3) is 3.63. The molecule has 0 saturated carbocycles. The lowest BCUT2D eigenvalue weighted by Gasteiger charge is -2.21. The first-order valence-electron chi connectivity index (χ1n) is 10.6. The highest BCUT2D eigenvalue weighted by atomic mass is 16.5. The Bertz CT molecular complexity index is 1100. The zero-order valence-electron chi connectivity index (χ0n) is 17.4. The molecule has 2 unspecified atom stereocenters. The first-order chi connectivity index (χ1) is 14.6. The maximum Gasteiger partial charge on any atom is 0.276 e. The Kier molecular flexibility index (Phi) is 5.08. The first kappa shape index (κ1) is 19.3. The number of likely N-dealkylation sites (tertiary alicyclic amines) is 1. The van der Waals surface area contributed by atoms with E-state index in [1.54, 1.807) is 16.9 Å². The van der Waals surface area contributed by atoms with Crippen molar-refractivity contribution in [1.29, 1.82) is 0 Å². The summed E-state index contributed by atoms with van der Waals surface area (Å²) in [6, 6.07) is 1.91. The van der Waals surface area contributed by atoms with Gasteiger partial charge in [-0.1, -0.05) is 6.92 Å². The number of fused-ring (bicyclic) bond motifs is 1. The molecule has 2 fully saturated rings. The van der Waals surface area contributed by atoms with E-state index in [9.17, 15) is 4.79 Å². The van der Waals surface area contributed by atoms with Gasteiger partial charge in [-0.2, -0.15) is 5.10 Å². The summed E-state index contributed by atoms with van der Waals surface area (Å²) in [5.41, 5.74) is 1.36. The summed E-state index contributed by atoms with van der Waals surface area (Å²) in [4.78, 5) is 31.6. The number of aromatic nitrogens is 6. The van der Waals surface area contributed by atoms with Gasteiger partial charge >= 0.3 is 0 Å². The van der Waals surface area contributed by atoms with Crippen molar-refractivity contribution < 1.29 is 4.74 Å². The fraction of sp³-hybridized carbons (Fsp3) is 0.571. The molecule has 2 aliphatic heterocycles. The molecule has 158 valence electrons. The van der Waals surface area contributed by atoms with Gasteiger partial charge in [-0.15, -0.1) is 0 Å². The molecule has 5 heterocycles. The minimum absolute atomic E-state index is 0.126. The molecule has 2 atom stereocenters. The van der Waals surface area contributed by atoms with Crippen molar-refractivity contribution in [2.75, 3.05) is 26.3 Å². The maximum absolute atomic E-state index is 12.8. The van der Waals surface area contributed by atoms with Gasteiger partial charge in [0, 0.05) is 50.0 Å². The molecule has 9 nitrogen and oxygen atoms in total. The zero-order valence-corrected chi connectivity index (χ0v) is 17.4. The van der Waals surface area contributed by atoms with Crippen molar-refractivity contribution in [3.8, 4) is 0 Å². The highest BCUT2D eigenvalue weighted by molar-refractivity contribution is 5.42. The minimum atomic E-state index is -0.126. The number of hydrogen-bond donors (Lipinski definition) is 1. The van der Waals surface area contributed by atoms with Crippen LogP contribution in [0.4, 0.5) is 0 Å². The number of rotatable bonds is 4. The number of hydrogen-bond acceptors (Lipinski definition) is 7. The topological polar surface area (TPSA) is 101 Å². The lowest BCUT2D eigenvalue weighted by Crippen LogP contribution is -2.24. The second kappa shape index (κ2) is 7.88. The molecule has 3 aromatic heterocycles. The second-order valence-electron chi connectivity index (χ2n) is 8.53. The third-order valence-corrected chi connectivity index (χ3v) is 6.28. The van der Waals surface area contributed by atoms with E-state index < -0.39 is 0 Å². The Morgan fingerprint density at radius 3 is 2.87 bits per heavy atom. The molecule has 3 aromatic rings. The van der Waals surface area contributed by atoms with Crippen LogP contribution >= 0.6 is 0 Å². The molecule has 0 bridgehead atoms. The van der Waals surface area contributed by atoms with E-state index in [1.165, 1.54) is 0 Å². The smallest absolute Gasteiger partial charge is 0.276 e. The summed E-state index contributed by atoms with van der Waals surface area (Å²) in [5, 5.41) is 4.86. The van der Waals surface area contributed by atoms with Crippen LogP contribution in [0.15, 0.2) is 23.3 Å². The molecule has 2 aliphatic rings. The second-order valence-corrected chi connectivity index (χ2v) is 8.53. The van der Waals surface area contributed by atoms with Crippen LogP contribution in [0.3, 0.4) is 0 Å². The average Bonchev–Trinajstić information content (AvgIpc) is 3.32. The number of H-pyrrole nitrogens is 1. The van der Waals surface area contributed by atoms with Gasteiger partial charge in [-0.3, -0.25) is 9.69 Å². The molecule has 30 heavy (non-hydrogen) atoms. The first-order valence-corrected chi connectivity index (χ1v) is 10.6. The number of imidazole rings is 1. The minimum Gasteiger partial charge on any atom is -0.381 e. The van der Waals surface area contributed by atoms with Crippen LogP contribution in [-0.4, -0.2) is 60.8 Å². The Hall–Kier alpha value is -2.65. The molecule has 0 aromatic carbocycles. The van der Waals surface area contributed by atoms with Gasteiger partial charge in [0.1, 0.15) is 17.5 Å². The number of nitrogens with one attached hydrogen (secondary N) is 1. The van der Waals surface area contributed by atoms with Gasteiger partial charge in [0.15, 0.2) is 5.52 Å². The Labute approximate surface area is 174 Å². The highest BCUT2D eigenvalue weighted by Crippen LogP contribution is 2.31. The molecule has 0 spiro atoms. The van der Waals surface area contributed by atoms with Gasteiger partial charge in [-0.05, 0) is 31.7 Å². The predicted molar refractivity (Wildman–Crippen MR) is 110 cm³/mol. The molecular formula is C21H27N7O2. The van der Waals surface area contributed by atoms with Crippen LogP contribution in [0.25, 0.3) is 5.52 Å². The molecule has 5 rings (SSSR count). The van der Waals surface area contributed by atoms with Gasteiger partial charge in [0.2, 0.25) is 0 Å². The number of aromatic amines is 1. The summed E-state index contributed by atoms with van der Waals surface area (Å²) in [5.74, 6) is 3.23. The SMILES string of the molecule is Cc1ccnc(CN2CC(C)C(c3nn4c(C5CCOCC5)ncc4c(=O)[nH]3)C2)n1. The van der Waals surface area contributed by atoms with E-state index in [0.717, 1.165) is 62.3 Å². The van der Waals surface area contributed by atoms with Crippen molar-refractivity contribution in [2.45, 2.75) is 45.1 Å². The molecule has 1 N–H and O–H groups in total. The zero-order chi connectivity index (χ0) is 20.7. The number of ether oxygens (including phenoxy) is 1. The van der Waals surface area contributed by atoms with Crippen LogP contribution in [0.5, 0.6) is 0 Å². The molecule has 0 amide bonds. The highest BCUT2D eigenvalue weighted by Gasteiger charge is 2.34. The molecule has 0 radical (unpaired) electrons. The maximum atomic E-state index is 12.8. The van der Waals surface area contributed by atoms with E-state index >= 15 is 0 Å². The number of aryl methyl sites for hydroxylation is 1. The Balaban J connectivity index is 1.42. The van der Waals surface area contributed by atoms with Gasteiger partial charge in [0.05, 0.1) is 12.7 Å². The van der Waals surface area contributed by atoms with Crippen LogP contribution in [-0.2, 0) is 11.3 Å². The standard InChI is InChI=1S/C21H27N7O2/c1-13-10-27(12-18-22-6-3-14(2)24-18)11-16(13)19-25-21(29)17-9-23-20(28(17)26-19)15-4-7-30-8-5-15/h3,6,9,13,15-16H,4-5,7-8,10-12H2,1-2H3,(H,25,26,29). The van der Waals surface area contributed by atoms with E-state index in [4.69, 9.17) is 9.84 Å². The monoisotopic (exact) mass is 409 g/mol. The van der Waals surface area contributed by atoms with E-state index in [1.807, 2.05) is 13.0 Å². The Morgan fingerprint density at radius 1 is 1.23 bits per heavy atom. The molecular weight excluding hydrogens is 382 g/mol. The van der Waals surface area contributed by atoms with Crippen LogP contribution in [0, 0.1) is 12.8 Å². The lowest BCUT2D eigenvalue weighted by molar-refractivity contribution is 0.0832. The van der Waals surface area contributed by atoms with Gasteiger partial charge in [0.25, 0.3) is 5.56 Å². The van der Waals surface area contributed by atoms with Crippen molar-refractivity contribution in [3.05, 3.63) is 52.0 Å². The van der Waals surface area contributed by atoms with Crippen molar-refractivity contribution in [1.82, 2.24) is 34.4 Å². The van der Waals surface area contributed by atoms with Crippen molar-refractivity contribution >= 4 is 5.52 Å². The Morgan fingerprint density at radius 2 is 2.07 bits per heavy atom. The fourth-order valence-electron chi connectivity index (χ4n) is 4.66. The van der Waals surface area contributed by atoms with E-state index in [2.05, 4.69) is 31.8 Å².